The number of nitrogens with one attached hydrogen (secondary N) is 1. The van der Waals surface area contributed by atoms with E-state index in [1.165, 1.54) is 6.07 Å². The van der Waals surface area contributed by atoms with Crippen LogP contribution in [0, 0.1) is 0 Å². The molecule has 0 heterocycles. The van der Waals surface area contributed by atoms with Crippen LogP contribution in [0.2, 0.25) is 0 Å². The summed E-state index contributed by atoms with van der Waals surface area (Å²) in [5, 5.41) is 8.40. The van der Waals surface area contributed by atoms with Crippen molar-refractivity contribution in [2.75, 3.05) is 0 Å². The van der Waals surface area contributed by atoms with Crippen LogP contribution in [0.5, 0.6) is 0 Å². The third kappa shape index (κ3) is 3.89. The van der Waals surface area contributed by atoms with Crippen LogP contribution in [0.4, 0.5) is 0 Å². The summed E-state index contributed by atoms with van der Waals surface area (Å²) in [4.78, 5) is 0.176. The average molecular weight is 276 g/mol. The number of rotatable bonds is 5. The van der Waals surface area contributed by atoms with E-state index in [-0.39, 0.29) is 4.90 Å². The number of hydrogen-bond acceptors (Lipinski definition) is 3. The minimum atomic E-state index is -3.67. The lowest BCUT2D eigenvalue weighted by atomic mass is 10.2. The van der Waals surface area contributed by atoms with E-state index >= 15 is 0 Å². The number of nitrogens with two attached hydrogens (primary N) is 1. The normalized spacial score (nSPS) is 11.4. The molecule has 19 heavy (non-hydrogen) atoms. The Balaban J connectivity index is 2.05. The molecule has 0 fully saturated rings. The van der Waals surface area contributed by atoms with E-state index in [4.69, 9.17) is 5.14 Å². The monoisotopic (exact) mass is 276 g/mol. The van der Waals surface area contributed by atoms with Crippen molar-refractivity contribution in [2.45, 2.75) is 18.0 Å². The van der Waals surface area contributed by atoms with Crippen LogP contribution in [0.3, 0.4) is 0 Å². The van der Waals surface area contributed by atoms with E-state index in [9.17, 15) is 8.42 Å². The summed E-state index contributed by atoms with van der Waals surface area (Å²) in [5.74, 6) is 0. The van der Waals surface area contributed by atoms with Gasteiger partial charge in [-0.05, 0) is 17.2 Å². The van der Waals surface area contributed by atoms with Crippen LogP contribution in [-0.2, 0) is 23.1 Å². The molecule has 0 amide bonds. The fourth-order valence-corrected chi connectivity index (χ4v) is 2.64. The molecule has 0 atom stereocenters. The van der Waals surface area contributed by atoms with Gasteiger partial charge < -0.3 is 5.32 Å². The topological polar surface area (TPSA) is 72.2 Å². The van der Waals surface area contributed by atoms with Gasteiger partial charge in [0.15, 0.2) is 0 Å². The summed E-state index contributed by atoms with van der Waals surface area (Å²) in [6.45, 7) is 1.14. The smallest absolute Gasteiger partial charge is 0.238 e. The summed E-state index contributed by atoms with van der Waals surface area (Å²) in [5.41, 5.74) is 1.83. The van der Waals surface area contributed by atoms with E-state index in [2.05, 4.69) is 5.32 Å². The van der Waals surface area contributed by atoms with Crippen molar-refractivity contribution < 1.29 is 8.42 Å². The molecular formula is C14H16N2O2S. The van der Waals surface area contributed by atoms with E-state index in [0.717, 1.165) is 5.56 Å². The molecule has 0 spiro atoms. The molecule has 0 bridgehead atoms. The highest BCUT2D eigenvalue weighted by atomic mass is 32.2. The van der Waals surface area contributed by atoms with Crippen LogP contribution in [0.1, 0.15) is 11.1 Å². The van der Waals surface area contributed by atoms with E-state index in [1.54, 1.807) is 18.2 Å². The number of primary sulfonamides is 1. The number of hydrogen-bond donors (Lipinski definition) is 2. The molecule has 0 saturated carbocycles. The summed E-state index contributed by atoms with van der Waals surface area (Å²) in [6, 6.07) is 16.7. The quantitative estimate of drug-likeness (QED) is 0.871. The number of sulfonamides is 1. The van der Waals surface area contributed by atoms with Crippen LogP contribution in [0.15, 0.2) is 59.5 Å². The lowest BCUT2D eigenvalue weighted by Gasteiger charge is -2.09. The Kier molecular flexibility index (Phi) is 4.31. The van der Waals surface area contributed by atoms with Gasteiger partial charge in [-0.2, -0.15) is 0 Å². The van der Waals surface area contributed by atoms with Gasteiger partial charge in [-0.15, -0.1) is 0 Å². The molecule has 2 rings (SSSR count). The first kappa shape index (κ1) is 13.7. The fourth-order valence-electron chi connectivity index (χ4n) is 1.86. The zero-order chi connectivity index (χ0) is 13.7. The summed E-state index contributed by atoms with van der Waals surface area (Å²) in [7, 11) is -3.67. The molecule has 4 nitrogen and oxygen atoms in total. The van der Waals surface area contributed by atoms with Crippen molar-refractivity contribution in [3.05, 3.63) is 65.7 Å². The Morgan fingerprint density at radius 2 is 1.53 bits per heavy atom. The van der Waals surface area contributed by atoms with Crippen molar-refractivity contribution in [1.82, 2.24) is 5.32 Å². The van der Waals surface area contributed by atoms with Gasteiger partial charge in [-0.25, -0.2) is 13.6 Å². The summed E-state index contributed by atoms with van der Waals surface area (Å²) in [6.07, 6.45) is 0. The van der Waals surface area contributed by atoms with Gasteiger partial charge in [0.05, 0.1) is 4.90 Å². The third-order valence-electron chi connectivity index (χ3n) is 2.77. The van der Waals surface area contributed by atoms with Gasteiger partial charge in [0.25, 0.3) is 0 Å². The van der Waals surface area contributed by atoms with Crippen molar-refractivity contribution in [1.29, 1.82) is 0 Å². The third-order valence-corrected chi connectivity index (χ3v) is 3.78. The largest absolute Gasteiger partial charge is 0.309 e. The zero-order valence-corrected chi connectivity index (χ0v) is 11.2. The Morgan fingerprint density at radius 3 is 2.21 bits per heavy atom. The molecule has 0 saturated heterocycles. The Bertz CT molecular complexity index is 640. The van der Waals surface area contributed by atoms with Gasteiger partial charge in [0.1, 0.15) is 0 Å². The molecule has 0 aliphatic rings. The first-order valence-electron chi connectivity index (χ1n) is 5.93. The molecule has 0 aromatic heterocycles. The minimum absolute atomic E-state index is 0.176. The summed E-state index contributed by atoms with van der Waals surface area (Å²) < 4.78 is 22.9. The maximum atomic E-state index is 11.4. The average Bonchev–Trinajstić information content (AvgIpc) is 2.39. The first-order chi connectivity index (χ1) is 9.07. The molecule has 5 heteroatoms. The standard InChI is InChI=1S/C14H16N2O2S/c15-19(17,18)14-9-5-4-8-13(14)11-16-10-12-6-2-1-3-7-12/h1-9,16H,10-11H2,(H2,15,17,18). The SMILES string of the molecule is NS(=O)(=O)c1ccccc1CNCc1ccccc1. The molecule has 100 valence electrons. The highest BCUT2D eigenvalue weighted by Crippen LogP contribution is 2.13. The van der Waals surface area contributed by atoms with E-state index in [0.29, 0.717) is 18.7 Å². The minimum Gasteiger partial charge on any atom is -0.309 e. The second kappa shape index (κ2) is 5.97. The Hall–Kier alpha value is -1.69. The van der Waals surface area contributed by atoms with Gasteiger partial charge in [-0.1, -0.05) is 48.5 Å². The van der Waals surface area contributed by atoms with Gasteiger partial charge in [0.2, 0.25) is 10.0 Å². The second-order valence-electron chi connectivity index (χ2n) is 4.24. The van der Waals surface area contributed by atoms with Gasteiger partial charge in [0, 0.05) is 13.1 Å². The Morgan fingerprint density at radius 1 is 0.895 bits per heavy atom. The second-order valence-corrected chi connectivity index (χ2v) is 5.77. The molecule has 3 N–H and O–H groups in total. The highest BCUT2D eigenvalue weighted by Gasteiger charge is 2.12. The van der Waals surface area contributed by atoms with Crippen molar-refractivity contribution in [3.8, 4) is 0 Å². The van der Waals surface area contributed by atoms with Crippen LogP contribution in [0.25, 0.3) is 0 Å². The molecule has 2 aromatic carbocycles. The maximum absolute atomic E-state index is 11.4. The van der Waals surface area contributed by atoms with Crippen LogP contribution in [-0.4, -0.2) is 8.42 Å². The molecule has 0 aliphatic heterocycles. The van der Waals surface area contributed by atoms with Crippen molar-refractivity contribution in [2.24, 2.45) is 5.14 Å². The Labute approximate surface area is 113 Å². The summed E-state index contributed by atoms with van der Waals surface area (Å²) >= 11 is 0. The van der Waals surface area contributed by atoms with E-state index < -0.39 is 10.0 Å². The van der Waals surface area contributed by atoms with Crippen molar-refractivity contribution in [3.63, 3.8) is 0 Å². The first-order valence-corrected chi connectivity index (χ1v) is 7.47. The van der Waals surface area contributed by atoms with Gasteiger partial charge in [-0.3, -0.25) is 0 Å². The van der Waals surface area contributed by atoms with Gasteiger partial charge >= 0.3 is 0 Å². The molecule has 0 unspecified atom stereocenters. The number of benzene rings is 2. The molecule has 0 aliphatic carbocycles. The van der Waals surface area contributed by atoms with Crippen LogP contribution >= 0.6 is 0 Å². The van der Waals surface area contributed by atoms with E-state index in [1.807, 2.05) is 30.3 Å². The lowest BCUT2D eigenvalue weighted by molar-refractivity contribution is 0.594. The zero-order valence-electron chi connectivity index (χ0n) is 10.4. The van der Waals surface area contributed by atoms with Crippen molar-refractivity contribution >= 4 is 10.0 Å². The highest BCUT2D eigenvalue weighted by molar-refractivity contribution is 7.89. The predicted molar refractivity (Wildman–Crippen MR) is 74.8 cm³/mol. The molecular weight excluding hydrogens is 260 g/mol. The predicted octanol–water partition coefficient (Wildman–Crippen LogP) is 1.62. The molecule has 0 radical (unpaired) electrons. The maximum Gasteiger partial charge on any atom is 0.238 e. The van der Waals surface area contributed by atoms with Crippen LogP contribution < -0.4 is 10.5 Å². The fraction of sp³-hybridized carbons (Fsp3) is 0.143. The lowest BCUT2D eigenvalue weighted by Crippen LogP contribution is -2.18. The molecule has 2 aromatic rings.